The van der Waals surface area contributed by atoms with Crippen LogP contribution in [0.4, 0.5) is 0 Å². The Hall–Kier alpha value is -0.279. The minimum Gasteiger partial charge on any atom is -0.417 e. The molecule has 0 amide bonds. The van der Waals surface area contributed by atoms with Crippen molar-refractivity contribution in [1.29, 1.82) is 0 Å². The molecule has 1 aliphatic rings. The fourth-order valence-corrected chi connectivity index (χ4v) is 9.33. The van der Waals surface area contributed by atoms with Gasteiger partial charge in [-0.2, -0.15) is 0 Å². The van der Waals surface area contributed by atoms with Crippen LogP contribution in [0.25, 0.3) is 0 Å². The molecule has 1 aliphatic carbocycles. The third kappa shape index (κ3) is 13.8. The van der Waals surface area contributed by atoms with Crippen LogP contribution < -0.4 is 0 Å². The Balaban J connectivity index is 3.27. The van der Waals surface area contributed by atoms with Crippen molar-refractivity contribution in [3.05, 3.63) is 22.7 Å². The minimum absolute atomic E-state index is 0.00513. The molecule has 1 saturated carbocycles. The van der Waals surface area contributed by atoms with Crippen molar-refractivity contribution >= 4 is 46.7 Å². The summed E-state index contributed by atoms with van der Waals surface area (Å²) in [6, 6.07) is 0. The van der Waals surface area contributed by atoms with Crippen LogP contribution in [0.1, 0.15) is 115 Å². The van der Waals surface area contributed by atoms with Crippen molar-refractivity contribution in [2.24, 2.45) is 17.8 Å². The lowest BCUT2D eigenvalue weighted by atomic mass is 9.89. The molecule has 0 radical (unpaired) electrons. The molecule has 0 bridgehead atoms. The van der Waals surface area contributed by atoms with Gasteiger partial charge in [0.05, 0.1) is 12.2 Å². The smallest absolute Gasteiger partial charge is 0.192 e. The molecule has 2 unspecified atom stereocenters. The van der Waals surface area contributed by atoms with E-state index in [0.29, 0.717) is 18.6 Å². The first-order valence-electron chi connectivity index (χ1n) is 18.1. The van der Waals surface area contributed by atoms with Crippen molar-refractivity contribution in [2.75, 3.05) is 6.61 Å². The molecule has 1 rings (SSSR count). The third-order valence-corrected chi connectivity index (χ3v) is 25.7. The first-order valence-corrected chi connectivity index (χ1v) is 27.6. The number of ketones is 1. The molecule has 0 N–H and O–H groups in total. The van der Waals surface area contributed by atoms with E-state index in [1.807, 2.05) is 6.92 Å². The molecule has 272 valence electrons. The number of allylic oxidation sites excluding steroid dienone is 2. The average Bonchev–Trinajstić information content (AvgIpc) is 3.17. The normalized spacial score (nSPS) is 22.0. The molecule has 0 aromatic heterocycles. The summed E-state index contributed by atoms with van der Waals surface area (Å²) >= 11 is 3.87. The molecule has 47 heavy (non-hydrogen) atoms. The monoisotopic (exact) mass is 768 g/mol. The lowest BCUT2D eigenvalue weighted by molar-refractivity contribution is -0.121. The van der Waals surface area contributed by atoms with E-state index in [2.05, 4.69) is 155 Å². The topological polar surface area (TPSA) is 44.8 Å². The van der Waals surface area contributed by atoms with Gasteiger partial charge in [0, 0.05) is 31.3 Å². The van der Waals surface area contributed by atoms with Gasteiger partial charge in [-0.15, -0.1) is 11.8 Å². The zero-order chi connectivity index (χ0) is 36.6. The SMILES string of the molecule is CC#CCC(C)C(/C=C/[C@H]1[C@H](O[Si](C)(C)C(C)(C)C)CC(=O)[C@@H]1C/C(Br)=C/CCCCO[Si](C)(C)C(C)(C)C)O[Si](C)(C)C(C)(C)C. The van der Waals surface area contributed by atoms with Crippen LogP contribution in [0.15, 0.2) is 22.7 Å². The summed E-state index contributed by atoms with van der Waals surface area (Å²) in [7, 11) is -5.84. The van der Waals surface area contributed by atoms with Gasteiger partial charge in [0.15, 0.2) is 25.0 Å². The van der Waals surface area contributed by atoms with Crippen LogP contribution in [0.2, 0.25) is 54.4 Å². The van der Waals surface area contributed by atoms with E-state index in [9.17, 15) is 4.79 Å². The average molecular weight is 770 g/mol. The molecule has 5 atom stereocenters. The maximum atomic E-state index is 13.7. The number of Topliss-reactive ketones (excluding diaryl/α,β-unsaturated/α-hetero) is 1. The minimum atomic E-state index is -2.09. The number of rotatable bonds is 16. The zero-order valence-electron chi connectivity index (χ0n) is 33.6. The summed E-state index contributed by atoms with van der Waals surface area (Å²) in [5.41, 5.74) is 0. The van der Waals surface area contributed by atoms with Crippen LogP contribution in [-0.4, -0.2) is 49.6 Å². The van der Waals surface area contributed by atoms with E-state index in [1.54, 1.807) is 0 Å². The molecule has 0 heterocycles. The van der Waals surface area contributed by atoms with Crippen molar-refractivity contribution in [1.82, 2.24) is 0 Å². The highest BCUT2D eigenvalue weighted by atomic mass is 79.9. The fraction of sp³-hybridized carbons (Fsp3) is 0.821. The van der Waals surface area contributed by atoms with Gasteiger partial charge in [-0.1, -0.05) is 103 Å². The summed E-state index contributed by atoms with van der Waals surface area (Å²) in [6.45, 7) is 39.4. The molecule has 0 aromatic rings. The van der Waals surface area contributed by atoms with Crippen LogP contribution in [-0.2, 0) is 18.1 Å². The number of carbonyl (C=O) groups is 1. The Kier molecular flexibility index (Phi) is 16.9. The van der Waals surface area contributed by atoms with Gasteiger partial charge in [-0.25, -0.2) is 0 Å². The van der Waals surface area contributed by atoms with Crippen molar-refractivity contribution < 1.29 is 18.1 Å². The molecule has 8 heteroatoms. The molecule has 0 spiro atoms. The molecule has 1 fully saturated rings. The predicted molar refractivity (Wildman–Crippen MR) is 216 cm³/mol. The van der Waals surface area contributed by atoms with Crippen LogP contribution in [0.5, 0.6) is 0 Å². The second-order valence-electron chi connectivity index (χ2n) is 18.6. The molecule has 0 aromatic carbocycles. The van der Waals surface area contributed by atoms with Crippen molar-refractivity contribution in [3.63, 3.8) is 0 Å². The lowest BCUT2D eigenvalue weighted by Gasteiger charge is -2.40. The van der Waals surface area contributed by atoms with Crippen LogP contribution in [0.3, 0.4) is 0 Å². The number of halogens is 1. The van der Waals surface area contributed by atoms with Gasteiger partial charge in [-0.3, -0.25) is 4.79 Å². The van der Waals surface area contributed by atoms with E-state index in [1.165, 1.54) is 0 Å². The Labute approximate surface area is 303 Å². The second-order valence-corrected chi connectivity index (χ2v) is 33.9. The first kappa shape index (κ1) is 44.7. The Morgan fingerprint density at radius 2 is 1.47 bits per heavy atom. The standard InChI is InChI=1S/C39H73BrO4Si3/c1-18-19-23-30(2)35(43-46(14,15)38(6,7)8)26-25-32-33(34(41)29-36(32)44-47(16,17)39(9,10)11)28-31(40)24-21-20-22-27-42-45(12,13)37(3,4)5/h24-26,30,32-33,35-36H,20-23,27-29H2,1-17H3/b26-25+,31-24-/t30?,32-,33-,35?,36-/m1/s1. The quantitative estimate of drug-likeness (QED) is 0.0679. The van der Waals surface area contributed by atoms with Gasteiger partial charge in [0.1, 0.15) is 5.78 Å². The maximum Gasteiger partial charge on any atom is 0.192 e. The van der Waals surface area contributed by atoms with E-state index in [0.717, 1.165) is 36.8 Å². The number of hydrogen-bond acceptors (Lipinski definition) is 4. The highest BCUT2D eigenvalue weighted by Crippen LogP contribution is 2.45. The predicted octanol–water partition coefficient (Wildman–Crippen LogP) is 12.4. The van der Waals surface area contributed by atoms with Gasteiger partial charge < -0.3 is 13.3 Å². The van der Waals surface area contributed by atoms with E-state index in [-0.39, 0.29) is 45.1 Å². The van der Waals surface area contributed by atoms with Crippen molar-refractivity contribution in [2.45, 2.75) is 181 Å². The van der Waals surface area contributed by atoms with Gasteiger partial charge in [0.25, 0.3) is 0 Å². The first-order chi connectivity index (χ1) is 21.2. The van der Waals surface area contributed by atoms with Crippen molar-refractivity contribution in [3.8, 4) is 11.8 Å². The molecular weight excluding hydrogens is 697 g/mol. The fourth-order valence-electron chi connectivity index (χ4n) is 4.96. The second kappa shape index (κ2) is 17.8. The van der Waals surface area contributed by atoms with E-state index in [4.69, 9.17) is 13.3 Å². The Bertz CT molecular complexity index is 1130. The van der Waals surface area contributed by atoms with Gasteiger partial charge in [0.2, 0.25) is 0 Å². The number of hydrogen-bond donors (Lipinski definition) is 0. The van der Waals surface area contributed by atoms with Crippen LogP contribution >= 0.6 is 15.9 Å². The lowest BCUT2D eigenvalue weighted by Crippen LogP contribution is -2.45. The number of carbonyl (C=O) groups excluding carboxylic acids is 1. The summed E-state index contributed by atoms with van der Waals surface area (Å²) in [5.74, 6) is 6.80. The summed E-state index contributed by atoms with van der Waals surface area (Å²) in [4.78, 5) is 13.7. The Morgan fingerprint density at radius 1 is 0.915 bits per heavy atom. The van der Waals surface area contributed by atoms with Gasteiger partial charge >= 0.3 is 0 Å². The van der Waals surface area contributed by atoms with E-state index < -0.39 is 25.0 Å². The molecule has 4 nitrogen and oxygen atoms in total. The van der Waals surface area contributed by atoms with E-state index >= 15 is 0 Å². The highest BCUT2D eigenvalue weighted by Gasteiger charge is 2.47. The highest BCUT2D eigenvalue weighted by molar-refractivity contribution is 9.11. The number of unbranched alkanes of at least 4 members (excludes halogenated alkanes) is 2. The summed E-state index contributed by atoms with van der Waals surface area (Å²) in [5, 5.41) is 0.402. The molecular formula is C39H73BrO4Si3. The molecule has 0 aliphatic heterocycles. The summed E-state index contributed by atoms with van der Waals surface area (Å²) < 4.78 is 21.5. The molecule has 0 saturated heterocycles. The maximum absolute atomic E-state index is 13.7. The Morgan fingerprint density at radius 3 is 1.98 bits per heavy atom. The summed E-state index contributed by atoms with van der Waals surface area (Å²) in [6.07, 6.45) is 11.7. The third-order valence-electron chi connectivity index (χ3n) is 11.5. The van der Waals surface area contributed by atoms with Gasteiger partial charge in [-0.05, 0) is 97.4 Å². The largest absolute Gasteiger partial charge is 0.417 e. The van der Waals surface area contributed by atoms with Crippen LogP contribution in [0, 0.1) is 29.6 Å². The zero-order valence-corrected chi connectivity index (χ0v) is 38.2.